The number of nitrogens with two attached hydrogens (primary N) is 1. The molecule has 1 fully saturated rings. The average molecular weight is 396 g/mol. The van der Waals surface area contributed by atoms with Gasteiger partial charge in [0.15, 0.2) is 11.6 Å². The molecule has 1 aliphatic heterocycles. The van der Waals surface area contributed by atoms with Gasteiger partial charge >= 0.3 is 5.97 Å². The van der Waals surface area contributed by atoms with Gasteiger partial charge in [-0.15, -0.1) is 0 Å². The van der Waals surface area contributed by atoms with Gasteiger partial charge in [-0.2, -0.15) is 0 Å². The first-order chi connectivity index (χ1) is 13.2. The van der Waals surface area contributed by atoms with Crippen molar-refractivity contribution in [1.29, 1.82) is 5.41 Å². The van der Waals surface area contributed by atoms with E-state index >= 15 is 0 Å². The minimum Gasteiger partial charge on any atom is -0.460 e. The quantitative estimate of drug-likeness (QED) is 0.339. The lowest BCUT2D eigenvalue weighted by Gasteiger charge is -2.39. The molecule has 0 amide bonds. The van der Waals surface area contributed by atoms with Crippen LogP contribution in [0.15, 0.2) is 30.5 Å². The van der Waals surface area contributed by atoms with E-state index in [2.05, 4.69) is 4.98 Å². The van der Waals surface area contributed by atoms with Crippen LogP contribution < -0.4 is 10.6 Å². The lowest BCUT2D eigenvalue weighted by atomic mass is 10.0. The molecule has 2 heterocycles. The van der Waals surface area contributed by atoms with Crippen LogP contribution in [0.1, 0.15) is 12.0 Å². The van der Waals surface area contributed by atoms with Crippen molar-refractivity contribution in [3.8, 4) is 11.1 Å². The van der Waals surface area contributed by atoms with Gasteiger partial charge in [0.1, 0.15) is 24.7 Å². The number of anilines is 1. The van der Waals surface area contributed by atoms with E-state index in [0.29, 0.717) is 0 Å². The van der Waals surface area contributed by atoms with Gasteiger partial charge in [-0.3, -0.25) is 10.2 Å². The molecule has 10 heteroatoms. The molecule has 6 nitrogen and oxygen atoms in total. The van der Waals surface area contributed by atoms with Crippen molar-refractivity contribution in [2.75, 3.05) is 18.0 Å². The number of nitrogens with one attached hydrogen (secondary N) is 1. The summed E-state index contributed by atoms with van der Waals surface area (Å²) in [5.41, 5.74) is 5.27. The number of esters is 1. The second kappa shape index (κ2) is 7.45. The van der Waals surface area contributed by atoms with Crippen LogP contribution in [0.2, 0.25) is 0 Å². The lowest BCUT2D eigenvalue weighted by Crippen LogP contribution is -2.57. The summed E-state index contributed by atoms with van der Waals surface area (Å²) < 4.78 is 59.8. The average Bonchev–Trinajstić information content (AvgIpc) is 2.58. The SMILES string of the molecule is N=C(N)CC(=O)OCc1cccc(-c2cnc(N3CC(F)(F)C3)c(F)c2)c1F. The number of nitrogens with zero attached hydrogens (tertiary/aromatic N) is 2. The highest BCUT2D eigenvalue weighted by Gasteiger charge is 2.45. The van der Waals surface area contributed by atoms with E-state index in [4.69, 9.17) is 15.9 Å². The summed E-state index contributed by atoms with van der Waals surface area (Å²) in [5, 5.41) is 7.02. The fourth-order valence-electron chi connectivity index (χ4n) is 2.75. The fourth-order valence-corrected chi connectivity index (χ4v) is 2.75. The van der Waals surface area contributed by atoms with E-state index in [1.807, 2.05) is 0 Å². The minimum absolute atomic E-state index is 0.0204. The normalized spacial score (nSPS) is 15.1. The van der Waals surface area contributed by atoms with E-state index in [9.17, 15) is 22.4 Å². The number of alkyl halides is 2. The smallest absolute Gasteiger partial charge is 0.313 e. The van der Waals surface area contributed by atoms with Crippen LogP contribution in [0.4, 0.5) is 23.4 Å². The summed E-state index contributed by atoms with van der Waals surface area (Å²) in [6, 6.07) is 5.29. The summed E-state index contributed by atoms with van der Waals surface area (Å²) >= 11 is 0. The maximum absolute atomic E-state index is 14.7. The minimum atomic E-state index is -2.87. The topological polar surface area (TPSA) is 92.3 Å². The fraction of sp³-hybridized carbons (Fsp3) is 0.278. The highest BCUT2D eigenvalue weighted by Crippen LogP contribution is 2.34. The highest BCUT2D eigenvalue weighted by molar-refractivity contribution is 5.94. The summed E-state index contributed by atoms with van der Waals surface area (Å²) in [5.74, 6) is -5.81. The molecule has 3 N–H and O–H groups in total. The monoisotopic (exact) mass is 396 g/mol. The van der Waals surface area contributed by atoms with Crippen LogP contribution >= 0.6 is 0 Å². The van der Waals surface area contributed by atoms with Crippen LogP contribution in [-0.4, -0.2) is 35.8 Å². The van der Waals surface area contributed by atoms with Gasteiger partial charge in [0.05, 0.1) is 13.1 Å². The Bertz CT molecular complexity index is 928. The Balaban J connectivity index is 1.77. The van der Waals surface area contributed by atoms with Gasteiger partial charge in [-0.1, -0.05) is 18.2 Å². The second-order valence-corrected chi connectivity index (χ2v) is 6.38. The molecule has 0 saturated carbocycles. The first kappa shape index (κ1) is 19.6. The van der Waals surface area contributed by atoms with Gasteiger partial charge in [0.25, 0.3) is 5.92 Å². The van der Waals surface area contributed by atoms with E-state index in [-0.39, 0.29) is 35.0 Å². The van der Waals surface area contributed by atoms with Gasteiger partial charge in [-0.05, 0) is 6.07 Å². The number of amidine groups is 1. The number of halogens is 4. The molecule has 0 bridgehead atoms. The number of rotatable bonds is 6. The Kier molecular flexibility index (Phi) is 5.21. The van der Waals surface area contributed by atoms with Crippen LogP contribution in [0.25, 0.3) is 11.1 Å². The van der Waals surface area contributed by atoms with E-state index in [0.717, 1.165) is 11.0 Å². The molecule has 2 aromatic rings. The van der Waals surface area contributed by atoms with Crippen molar-refractivity contribution < 1.29 is 27.1 Å². The molecule has 1 saturated heterocycles. The Labute approximate surface area is 157 Å². The second-order valence-electron chi connectivity index (χ2n) is 6.38. The van der Waals surface area contributed by atoms with E-state index in [1.165, 1.54) is 24.4 Å². The number of aromatic nitrogens is 1. The summed E-state index contributed by atoms with van der Waals surface area (Å²) in [4.78, 5) is 16.4. The molecule has 0 radical (unpaired) electrons. The summed E-state index contributed by atoms with van der Waals surface area (Å²) in [6.07, 6.45) is 0.784. The number of benzene rings is 1. The van der Waals surface area contributed by atoms with Crippen LogP contribution in [0.5, 0.6) is 0 Å². The van der Waals surface area contributed by atoms with Gasteiger partial charge in [-0.25, -0.2) is 22.5 Å². The van der Waals surface area contributed by atoms with Crippen molar-refractivity contribution in [3.63, 3.8) is 0 Å². The van der Waals surface area contributed by atoms with Crippen molar-refractivity contribution in [2.45, 2.75) is 19.0 Å². The van der Waals surface area contributed by atoms with Crippen LogP contribution in [-0.2, 0) is 16.1 Å². The van der Waals surface area contributed by atoms with Crippen molar-refractivity contribution in [3.05, 3.63) is 47.7 Å². The van der Waals surface area contributed by atoms with Crippen LogP contribution in [0.3, 0.4) is 0 Å². The third-order valence-corrected chi connectivity index (χ3v) is 4.08. The van der Waals surface area contributed by atoms with E-state index in [1.54, 1.807) is 0 Å². The molecule has 0 unspecified atom stereocenters. The molecule has 0 spiro atoms. The maximum Gasteiger partial charge on any atom is 0.313 e. The maximum atomic E-state index is 14.7. The van der Waals surface area contributed by atoms with Gasteiger partial charge < -0.3 is 15.4 Å². The first-order valence-corrected chi connectivity index (χ1v) is 8.21. The largest absolute Gasteiger partial charge is 0.460 e. The Hall–Kier alpha value is -3.17. The molecule has 148 valence electrons. The molecule has 1 aromatic carbocycles. The number of carbonyl (C=O) groups is 1. The van der Waals surface area contributed by atoms with Gasteiger partial charge in [0.2, 0.25) is 0 Å². The van der Waals surface area contributed by atoms with Crippen molar-refractivity contribution in [1.82, 2.24) is 4.98 Å². The molecular weight excluding hydrogens is 380 g/mol. The van der Waals surface area contributed by atoms with Crippen molar-refractivity contribution >= 4 is 17.6 Å². The first-order valence-electron chi connectivity index (χ1n) is 8.21. The standard InChI is InChI=1S/C18H16F4N4O2/c19-13-4-11(6-25-17(13)26-8-18(21,22)9-26)12-3-1-2-10(16(12)20)7-28-15(27)5-14(23)24/h1-4,6H,5,7-9H2,(H3,23,24). The van der Waals surface area contributed by atoms with Crippen molar-refractivity contribution in [2.24, 2.45) is 5.73 Å². The molecule has 0 atom stereocenters. The predicted octanol–water partition coefficient (Wildman–Crippen LogP) is 2.85. The lowest BCUT2D eigenvalue weighted by molar-refractivity contribution is -0.143. The third kappa shape index (κ3) is 4.21. The zero-order valence-electron chi connectivity index (χ0n) is 14.5. The van der Waals surface area contributed by atoms with Gasteiger partial charge in [0, 0.05) is 22.9 Å². The molecule has 3 rings (SSSR count). The number of carbonyl (C=O) groups excluding carboxylic acids is 1. The molecule has 0 aliphatic carbocycles. The molecule has 1 aliphatic rings. The highest BCUT2D eigenvalue weighted by atomic mass is 19.3. The summed E-state index contributed by atoms with van der Waals surface area (Å²) in [6.45, 7) is -1.62. The van der Waals surface area contributed by atoms with Crippen LogP contribution in [0, 0.1) is 17.0 Å². The Morgan fingerprint density at radius 3 is 2.64 bits per heavy atom. The zero-order valence-corrected chi connectivity index (χ0v) is 14.5. The van der Waals surface area contributed by atoms with E-state index < -0.39 is 43.0 Å². The number of pyridine rings is 1. The molecule has 1 aromatic heterocycles. The predicted molar refractivity (Wildman–Crippen MR) is 93.1 cm³/mol. The molecular formula is C18H16F4N4O2. The molecule has 28 heavy (non-hydrogen) atoms. The third-order valence-electron chi connectivity index (χ3n) is 4.08. The number of ether oxygens (including phenoxy) is 1. The Morgan fingerprint density at radius 1 is 1.32 bits per heavy atom. The number of hydrogen-bond acceptors (Lipinski definition) is 5. The summed E-state index contributed by atoms with van der Waals surface area (Å²) in [7, 11) is 0. The Morgan fingerprint density at radius 2 is 2.04 bits per heavy atom. The zero-order chi connectivity index (χ0) is 20.5. The number of hydrogen-bond donors (Lipinski definition) is 2.